The maximum absolute atomic E-state index is 13.6. The molecule has 3 atom stereocenters. The fourth-order valence-electron chi connectivity index (χ4n) is 3.52. The van der Waals surface area contributed by atoms with E-state index in [0.717, 1.165) is 12.0 Å². The van der Waals surface area contributed by atoms with Crippen LogP contribution in [0.3, 0.4) is 0 Å². The Labute approximate surface area is 132 Å². The van der Waals surface area contributed by atoms with Crippen molar-refractivity contribution in [1.29, 1.82) is 0 Å². The van der Waals surface area contributed by atoms with Crippen molar-refractivity contribution < 1.29 is 9.18 Å². The van der Waals surface area contributed by atoms with Crippen molar-refractivity contribution in [3.8, 4) is 0 Å². The summed E-state index contributed by atoms with van der Waals surface area (Å²) in [4.78, 5) is 12.4. The van der Waals surface area contributed by atoms with Gasteiger partial charge in [0.2, 0.25) is 5.91 Å². The van der Waals surface area contributed by atoms with Crippen molar-refractivity contribution in [1.82, 2.24) is 5.32 Å². The second-order valence-corrected chi connectivity index (χ2v) is 7.03. The summed E-state index contributed by atoms with van der Waals surface area (Å²) in [6.45, 7) is 1.86. The van der Waals surface area contributed by atoms with Gasteiger partial charge in [-0.15, -0.1) is 0 Å². The van der Waals surface area contributed by atoms with E-state index in [1.54, 1.807) is 6.07 Å². The van der Waals surface area contributed by atoms with Crippen LogP contribution >= 0.6 is 15.9 Å². The van der Waals surface area contributed by atoms with Gasteiger partial charge in [0.25, 0.3) is 0 Å². The van der Waals surface area contributed by atoms with E-state index in [2.05, 4.69) is 26.6 Å². The lowest BCUT2D eigenvalue weighted by Crippen LogP contribution is -2.40. The quantitative estimate of drug-likeness (QED) is 0.848. The first-order valence-electron chi connectivity index (χ1n) is 7.57. The van der Waals surface area contributed by atoms with Gasteiger partial charge in [0.1, 0.15) is 5.82 Å². The molecule has 3 rings (SSSR count). The van der Waals surface area contributed by atoms with E-state index >= 15 is 0 Å². The van der Waals surface area contributed by atoms with Gasteiger partial charge in [-0.1, -0.05) is 12.8 Å². The summed E-state index contributed by atoms with van der Waals surface area (Å²) >= 11 is 3.15. The molecule has 2 fully saturated rings. The third kappa shape index (κ3) is 3.14. The number of halogens is 2. The first-order valence-corrected chi connectivity index (χ1v) is 8.36. The Morgan fingerprint density at radius 3 is 2.90 bits per heavy atom. The Morgan fingerprint density at radius 2 is 2.14 bits per heavy atom. The summed E-state index contributed by atoms with van der Waals surface area (Å²) in [5.41, 5.74) is 1.41. The molecule has 2 aliphatic rings. The number of carbonyl (C=O) groups is 1. The van der Waals surface area contributed by atoms with Crippen molar-refractivity contribution in [3.05, 3.63) is 28.0 Å². The van der Waals surface area contributed by atoms with E-state index in [9.17, 15) is 9.18 Å². The van der Waals surface area contributed by atoms with E-state index in [-0.39, 0.29) is 17.8 Å². The number of carbonyl (C=O) groups excluding carboxylic acids is 1. The molecule has 5 heteroatoms. The monoisotopic (exact) mass is 354 g/mol. The summed E-state index contributed by atoms with van der Waals surface area (Å²) in [5.74, 6) is 0.218. The zero-order valence-electron chi connectivity index (χ0n) is 12.1. The van der Waals surface area contributed by atoms with Gasteiger partial charge in [0, 0.05) is 11.7 Å². The number of hydrogen-bond donors (Lipinski definition) is 2. The van der Waals surface area contributed by atoms with Crippen molar-refractivity contribution in [3.63, 3.8) is 0 Å². The number of anilines is 1. The maximum atomic E-state index is 13.6. The number of aryl methyl sites for hydroxylation is 1. The van der Waals surface area contributed by atoms with Crippen molar-refractivity contribution in [2.75, 3.05) is 5.32 Å². The predicted molar refractivity (Wildman–Crippen MR) is 84.8 cm³/mol. The SMILES string of the molecule is Cc1cc(Br)c(F)cc1NC(=O)C1CC2CCCCC2N1. The molecule has 2 N–H and O–H groups in total. The molecule has 0 aromatic heterocycles. The fraction of sp³-hybridized carbons (Fsp3) is 0.562. The topological polar surface area (TPSA) is 41.1 Å². The first-order chi connectivity index (χ1) is 10.0. The Bertz CT molecular complexity index is 549. The summed E-state index contributed by atoms with van der Waals surface area (Å²) in [6, 6.07) is 3.40. The van der Waals surface area contributed by atoms with Crippen LogP contribution in [0.5, 0.6) is 0 Å². The molecule has 114 valence electrons. The molecule has 21 heavy (non-hydrogen) atoms. The highest BCUT2D eigenvalue weighted by Crippen LogP contribution is 2.33. The van der Waals surface area contributed by atoms with Crippen molar-refractivity contribution in [2.45, 2.75) is 51.1 Å². The average Bonchev–Trinajstić information content (AvgIpc) is 2.88. The summed E-state index contributed by atoms with van der Waals surface area (Å²) in [7, 11) is 0. The number of nitrogens with one attached hydrogen (secondary N) is 2. The van der Waals surface area contributed by atoms with Gasteiger partial charge in [-0.2, -0.15) is 0 Å². The van der Waals surface area contributed by atoms with Crippen LogP contribution in [-0.2, 0) is 4.79 Å². The highest BCUT2D eigenvalue weighted by molar-refractivity contribution is 9.10. The largest absolute Gasteiger partial charge is 0.324 e. The van der Waals surface area contributed by atoms with E-state index in [4.69, 9.17) is 0 Å². The van der Waals surface area contributed by atoms with Crippen molar-refractivity contribution >= 4 is 27.5 Å². The normalized spacial score (nSPS) is 28.2. The first kappa shape index (κ1) is 15.0. The minimum atomic E-state index is -0.357. The van der Waals surface area contributed by atoms with Crippen LogP contribution in [0.25, 0.3) is 0 Å². The average molecular weight is 355 g/mol. The lowest BCUT2D eigenvalue weighted by Gasteiger charge is -2.24. The van der Waals surface area contributed by atoms with Crippen LogP contribution in [0.4, 0.5) is 10.1 Å². The molecule has 0 spiro atoms. The molecule has 1 aliphatic carbocycles. The maximum Gasteiger partial charge on any atom is 0.241 e. The molecular weight excluding hydrogens is 335 g/mol. The van der Waals surface area contributed by atoms with Gasteiger partial charge in [-0.3, -0.25) is 4.79 Å². The molecule has 3 unspecified atom stereocenters. The minimum absolute atomic E-state index is 0.0470. The Morgan fingerprint density at radius 1 is 1.38 bits per heavy atom. The third-order valence-electron chi connectivity index (χ3n) is 4.70. The number of amides is 1. The standard InChI is InChI=1S/C16H20BrFN2O/c1-9-6-11(17)12(18)8-14(9)20-16(21)15-7-10-4-2-3-5-13(10)19-15/h6,8,10,13,15,19H,2-5,7H2,1H3,(H,20,21). The molecule has 1 heterocycles. The molecule has 1 saturated heterocycles. The van der Waals surface area contributed by atoms with Crippen LogP contribution in [-0.4, -0.2) is 18.0 Å². The predicted octanol–water partition coefficient (Wildman–Crippen LogP) is 3.76. The second kappa shape index (κ2) is 6.05. The molecule has 0 radical (unpaired) electrons. The number of hydrogen-bond acceptors (Lipinski definition) is 2. The van der Waals surface area contributed by atoms with Crippen molar-refractivity contribution in [2.24, 2.45) is 5.92 Å². The molecule has 1 aromatic rings. The van der Waals surface area contributed by atoms with Gasteiger partial charge in [0.05, 0.1) is 10.5 Å². The highest BCUT2D eigenvalue weighted by atomic mass is 79.9. The summed E-state index contributed by atoms with van der Waals surface area (Å²) in [5, 5.41) is 6.31. The molecule has 1 saturated carbocycles. The smallest absolute Gasteiger partial charge is 0.241 e. The Hall–Kier alpha value is -0.940. The summed E-state index contributed by atoms with van der Waals surface area (Å²) < 4.78 is 14.0. The highest BCUT2D eigenvalue weighted by Gasteiger charge is 2.38. The fourth-order valence-corrected chi connectivity index (χ4v) is 3.98. The Balaban J connectivity index is 1.68. The van der Waals surface area contributed by atoms with Crippen LogP contribution in [0.15, 0.2) is 16.6 Å². The van der Waals surface area contributed by atoms with Crippen LogP contribution in [0.1, 0.15) is 37.7 Å². The van der Waals surface area contributed by atoms with Gasteiger partial charge < -0.3 is 10.6 Å². The molecule has 1 aromatic carbocycles. The second-order valence-electron chi connectivity index (χ2n) is 6.18. The van der Waals surface area contributed by atoms with E-state index < -0.39 is 0 Å². The van der Waals surface area contributed by atoms with Gasteiger partial charge in [-0.05, 0) is 65.7 Å². The van der Waals surface area contributed by atoms with Crippen LogP contribution in [0, 0.1) is 18.7 Å². The number of fused-ring (bicyclic) bond motifs is 1. The molecule has 1 aliphatic heterocycles. The van der Waals surface area contributed by atoms with E-state index in [1.165, 1.54) is 31.7 Å². The van der Waals surface area contributed by atoms with E-state index in [1.807, 2.05) is 6.92 Å². The van der Waals surface area contributed by atoms with Crippen LogP contribution in [0.2, 0.25) is 0 Å². The minimum Gasteiger partial charge on any atom is -0.324 e. The summed E-state index contributed by atoms with van der Waals surface area (Å²) in [6.07, 6.45) is 5.80. The Kier molecular flexibility index (Phi) is 4.31. The number of benzene rings is 1. The van der Waals surface area contributed by atoms with Gasteiger partial charge in [0.15, 0.2) is 0 Å². The lowest BCUT2D eigenvalue weighted by atomic mass is 9.85. The lowest BCUT2D eigenvalue weighted by molar-refractivity contribution is -0.117. The molecule has 0 bridgehead atoms. The van der Waals surface area contributed by atoms with Gasteiger partial charge >= 0.3 is 0 Å². The molecule has 1 amide bonds. The zero-order chi connectivity index (χ0) is 15.0. The van der Waals surface area contributed by atoms with E-state index in [0.29, 0.717) is 22.1 Å². The molecule has 3 nitrogen and oxygen atoms in total. The molecular formula is C16H20BrFN2O. The zero-order valence-corrected chi connectivity index (χ0v) is 13.7. The number of rotatable bonds is 2. The third-order valence-corrected chi connectivity index (χ3v) is 5.31. The van der Waals surface area contributed by atoms with Crippen LogP contribution < -0.4 is 10.6 Å². The van der Waals surface area contributed by atoms with Gasteiger partial charge in [-0.25, -0.2) is 4.39 Å².